The van der Waals surface area contributed by atoms with Crippen molar-refractivity contribution in [2.75, 3.05) is 13.7 Å². The molecule has 2 bridgehead atoms. The largest absolute Gasteiger partial charge is 0.481 e. The second kappa shape index (κ2) is 8.44. The van der Waals surface area contributed by atoms with E-state index in [9.17, 15) is 14.4 Å². The van der Waals surface area contributed by atoms with Crippen LogP contribution in [0.2, 0.25) is 0 Å². The number of amides is 1. The molecule has 0 saturated heterocycles. The molecule has 140 valence electrons. The number of carbonyl (C=O) groups is 3. The van der Waals surface area contributed by atoms with Crippen LogP contribution in [-0.4, -0.2) is 54.9 Å². The second-order valence-corrected chi connectivity index (χ2v) is 6.71. The highest BCUT2D eigenvalue weighted by molar-refractivity contribution is 5.89. The van der Waals surface area contributed by atoms with E-state index in [1.165, 1.54) is 24.7 Å². The molecule has 2 rings (SSSR count). The quantitative estimate of drug-likeness (QED) is 0.403. The molecule has 0 aromatic heterocycles. The van der Waals surface area contributed by atoms with E-state index >= 15 is 0 Å². The minimum Gasteiger partial charge on any atom is -0.481 e. The van der Waals surface area contributed by atoms with Crippen LogP contribution in [0.15, 0.2) is 11.1 Å². The zero-order valence-corrected chi connectivity index (χ0v) is 14.6. The fraction of sp³-hybridized carbons (Fsp3) is 0.706. The third-order valence-corrected chi connectivity index (χ3v) is 4.89. The number of hydrogen-bond acceptors (Lipinski definition) is 6. The van der Waals surface area contributed by atoms with Gasteiger partial charge in [-0.2, -0.15) is 0 Å². The Bertz CT molecular complexity index is 573. The van der Waals surface area contributed by atoms with Crippen molar-refractivity contribution in [2.45, 2.75) is 57.2 Å². The highest BCUT2D eigenvalue weighted by Gasteiger charge is 2.33. The maximum atomic E-state index is 11.9. The van der Waals surface area contributed by atoms with Gasteiger partial charge in [-0.3, -0.25) is 9.59 Å². The number of methoxy groups -OCH3 is 1. The number of allylic oxidation sites excluding steroid dienone is 1. The van der Waals surface area contributed by atoms with Crippen molar-refractivity contribution in [3.8, 4) is 0 Å². The molecule has 0 aromatic carbocycles. The normalized spacial score (nSPS) is 22.4. The van der Waals surface area contributed by atoms with Gasteiger partial charge < -0.3 is 25.6 Å². The van der Waals surface area contributed by atoms with E-state index in [0.717, 1.165) is 25.2 Å². The standard InChI is InChI=1S/C17H26N2O6/c1-9(12-6-10-3-4-11(12)5-10)25-8-14(17(23)24-2)19-16(22)13(18)7-15(20)21/h9-10,13-14H,3-8,18H2,1-2H3,(H,19,22)(H,20,21)/t9?,10?,13-,14-/m0/s1. The number of nitrogens with two attached hydrogens (primary N) is 1. The summed E-state index contributed by atoms with van der Waals surface area (Å²) in [7, 11) is 1.21. The van der Waals surface area contributed by atoms with Gasteiger partial charge in [-0.15, -0.1) is 0 Å². The van der Waals surface area contributed by atoms with Gasteiger partial charge in [-0.25, -0.2) is 4.79 Å². The maximum absolute atomic E-state index is 11.9. The van der Waals surface area contributed by atoms with Gasteiger partial charge in [0.05, 0.1) is 32.3 Å². The van der Waals surface area contributed by atoms with E-state index in [1.54, 1.807) is 0 Å². The lowest BCUT2D eigenvalue weighted by Gasteiger charge is -2.23. The first-order valence-corrected chi connectivity index (χ1v) is 8.49. The molecular weight excluding hydrogens is 328 g/mol. The Kier molecular flexibility index (Phi) is 6.55. The van der Waals surface area contributed by atoms with E-state index in [0.29, 0.717) is 0 Å². The predicted octanol–water partition coefficient (Wildman–Crippen LogP) is 0.352. The Balaban J connectivity index is 1.90. The summed E-state index contributed by atoms with van der Waals surface area (Å²) in [5, 5.41) is 11.1. The number of carbonyl (C=O) groups excluding carboxylic acids is 2. The molecule has 4 atom stereocenters. The Morgan fingerprint density at radius 2 is 2.08 bits per heavy atom. The molecule has 0 spiro atoms. The Morgan fingerprint density at radius 1 is 1.36 bits per heavy atom. The van der Waals surface area contributed by atoms with Gasteiger partial charge in [-0.1, -0.05) is 5.57 Å². The van der Waals surface area contributed by atoms with Crippen LogP contribution in [0.1, 0.15) is 39.0 Å². The molecule has 1 amide bonds. The third-order valence-electron chi connectivity index (χ3n) is 4.89. The highest BCUT2D eigenvalue weighted by Crippen LogP contribution is 2.45. The van der Waals surface area contributed by atoms with Gasteiger partial charge in [0.15, 0.2) is 6.04 Å². The van der Waals surface area contributed by atoms with E-state index in [-0.39, 0.29) is 12.7 Å². The zero-order chi connectivity index (χ0) is 18.6. The predicted molar refractivity (Wildman–Crippen MR) is 88.6 cm³/mol. The summed E-state index contributed by atoms with van der Waals surface area (Å²) in [5.74, 6) is -1.85. The average molecular weight is 354 g/mol. The summed E-state index contributed by atoms with van der Waals surface area (Å²) in [6, 6.07) is -2.26. The molecular formula is C17H26N2O6. The van der Waals surface area contributed by atoms with Gasteiger partial charge in [0.2, 0.25) is 5.91 Å². The lowest BCUT2D eigenvalue weighted by molar-refractivity contribution is -0.147. The molecule has 8 nitrogen and oxygen atoms in total. The summed E-state index contributed by atoms with van der Waals surface area (Å²) in [6.07, 6.45) is 3.90. The Hall–Kier alpha value is -1.93. The first kappa shape index (κ1) is 19.4. The Labute approximate surface area is 146 Å². The number of fused-ring (bicyclic) bond motifs is 2. The number of aliphatic carboxylic acids is 1. The van der Waals surface area contributed by atoms with Crippen molar-refractivity contribution >= 4 is 17.8 Å². The summed E-state index contributed by atoms with van der Waals surface area (Å²) in [5.41, 5.74) is 8.27. The SMILES string of the molecule is COC(=O)[C@H](COC(C)C1=C2CCC(C2)C1)NC(=O)[C@@H](N)CC(=O)O. The first-order chi connectivity index (χ1) is 11.8. The van der Waals surface area contributed by atoms with Crippen molar-refractivity contribution in [1.82, 2.24) is 5.32 Å². The van der Waals surface area contributed by atoms with Crippen molar-refractivity contribution < 1.29 is 29.0 Å². The van der Waals surface area contributed by atoms with Crippen LogP contribution in [0.5, 0.6) is 0 Å². The molecule has 0 aromatic rings. The lowest BCUT2D eigenvalue weighted by atomic mass is 9.96. The summed E-state index contributed by atoms with van der Waals surface area (Å²) in [4.78, 5) is 34.4. The summed E-state index contributed by atoms with van der Waals surface area (Å²) < 4.78 is 10.5. The number of carboxylic acid groups (broad SMARTS) is 1. The van der Waals surface area contributed by atoms with E-state index in [1.807, 2.05) is 6.92 Å². The van der Waals surface area contributed by atoms with E-state index < -0.39 is 36.4 Å². The number of hydrogen-bond donors (Lipinski definition) is 3. The van der Waals surface area contributed by atoms with Gasteiger partial charge >= 0.3 is 11.9 Å². The minimum atomic E-state index is -1.24. The Morgan fingerprint density at radius 3 is 2.60 bits per heavy atom. The summed E-state index contributed by atoms with van der Waals surface area (Å²) in [6.45, 7) is 1.89. The van der Waals surface area contributed by atoms with Crippen LogP contribution < -0.4 is 11.1 Å². The van der Waals surface area contributed by atoms with Crippen molar-refractivity contribution in [3.05, 3.63) is 11.1 Å². The lowest BCUT2D eigenvalue weighted by Crippen LogP contribution is -2.51. The molecule has 0 radical (unpaired) electrons. The van der Waals surface area contributed by atoms with Gasteiger partial charge in [0.25, 0.3) is 0 Å². The fourth-order valence-electron chi connectivity index (χ4n) is 3.52. The molecule has 1 saturated carbocycles. The molecule has 4 N–H and O–H groups in total. The fourth-order valence-corrected chi connectivity index (χ4v) is 3.52. The molecule has 0 heterocycles. The van der Waals surface area contributed by atoms with Gasteiger partial charge in [-0.05, 0) is 44.1 Å². The highest BCUT2D eigenvalue weighted by atomic mass is 16.5. The van der Waals surface area contributed by atoms with Crippen LogP contribution in [0.25, 0.3) is 0 Å². The molecule has 2 aliphatic rings. The number of carboxylic acids is 1. The molecule has 2 aliphatic carbocycles. The maximum Gasteiger partial charge on any atom is 0.330 e. The number of esters is 1. The third kappa shape index (κ3) is 5.02. The van der Waals surface area contributed by atoms with E-state index in [2.05, 4.69) is 10.1 Å². The second-order valence-electron chi connectivity index (χ2n) is 6.71. The minimum absolute atomic E-state index is 0.0547. The number of ether oxygens (including phenoxy) is 2. The van der Waals surface area contributed by atoms with Crippen molar-refractivity contribution in [2.24, 2.45) is 11.7 Å². The van der Waals surface area contributed by atoms with Gasteiger partial charge in [0.1, 0.15) is 0 Å². The molecule has 2 unspecified atom stereocenters. The molecule has 25 heavy (non-hydrogen) atoms. The van der Waals surface area contributed by atoms with Crippen LogP contribution in [0, 0.1) is 5.92 Å². The zero-order valence-electron chi connectivity index (χ0n) is 14.6. The smallest absolute Gasteiger partial charge is 0.330 e. The van der Waals surface area contributed by atoms with Crippen LogP contribution in [-0.2, 0) is 23.9 Å². The summed E-state index contributed by atoms with van der Waals surface area (Å²) >= 11 is 0. The number of rotatable bonds is 9. The van der Waals surface area contributed by atoms with Crippen LogP contribution in [0.3, 0.4) is 0 Å². The topological polar surface area (TPSA) is 128 Å². The molecule has 8 heteroatoms. The van der Waals surface area contributed by atoms with E-state index in [4.69, 9.17) is 15.6 Å². The first-order valence-electron chi connectivity index (χ1n) is 8.49. The average Bonchev–Trinajstić information content (AvgIpc) is 3.19. The molecule has 0 aliphatic heterocycles. The van der Waals surface area contributed by atoms with Crippen LogP contribution in [0.4, 0.5) is 0 Å². The van der Waals surface area contributed by atoms with Gasteiger partial charge in [0, 0.05) is 0 Å². The van der Waals surface area contributed by atoms with Crippen molar-refractivity contribution in [1.29, 1.82) is 0 Å². The van der Waals surface area contributed by atoms with Crippen molar-refractivity contribution in [3.63, 3.8) is 0 Å². The monoisotopic (exact) mass is 354 g/mol. The van der Waals surface area contributed by atoms with Crippen LogP contribution >= 0.6 is 0 Å². The molecule has 1 fully saturated rings. The number of nitrogens with one attached hydrogen (secondary N) is 1.